The topological polar surface area (TPSA) is 102 Å². The van der Waals surface area contributed by atoms with Crippen molar-refractivity contribution in [1.29, 1.82) is 0 Å². The van der Waals surface area contributed by atoms with Crippen LogP contribution in [-0.4, -0.2) is 36.5 Å². The zero-order valence-electron chi connectivity index (χ0n) is 18.6. The lowest BCUT2D eigenvalue weighted by Gasteiger charge is -2.15. The highest BCUT2D eigenvalue weighted by Gasteiger charge is 2.39. The summed E-state index contributed by atoms with van der Waals surface area (Å²) in [6, 6.07) is 11.4. The highest BCUT2D eigenvalue weighted by atomic mass is 19.4. The Morgan fingerprint density at radius 3 is 2.46 bits per heavy atom. The Morgan fingerprint density at radius 1 is 1.14 bits per heavy atom. The number of aromatic nitrogens is 4. The summed E-state index contributed by atoms with van der Waals surface area (Å²) in [5.41, 5.74) is -0.534. The fourth-order valence-corrected chi connectivity index (χ4v) is 3.55. The molecule has 184 valence electrons. The number of imidazole rings is 1. The lowest BCUT2D eigenvalue weighted by atomic mass is 10.1. The molecule has 0 bridgehead atoms. The molecule has 2 N–H and O–H groups in total. The number of aromatic amines is 1. The Bertz CT molecular complexity index is 1500. The van der Waals surface area contributed by atoms with Crippen LogP contribution in [0.5, 0.6) is 5.75 Å². The lowest BCUT2D eigenvalue weighted by molar-refractivity contribution is -0.207. The summed E-state index contributed by atoms with van der Waals surface area (Å²) in [7, 11) is 1.40. The van der Waals surface area contributed by atoms with Crippen molar-refractivity contribution in [2.24, 2.45) is 7.05 Å². The predicted molar refractivity (Wildman–Crippen MR) is 119 cm³/mol. The van der Waals surface area contributed by atoms with Gasteiger partial charge in [0.2, 0.25) is 0 Å². The van der Waals surface area contributed by atoms with Gasteiger partial charge in [-0.05, 0) is 30.7 Å². The summed E-state index contributed by atoms with van der Waals surface area (Å²) in [4.78, 5) is 30.6. The average molecular weight is 492 g/mol. The highest BCUT2D eigenvalue weighted by Crippen LogP contribution is 2.28. The normalized spacial score (nSPS) is 12.8. The standard InChI is InChI=1S/C23H20F4N4O4/c1-12-3-5-13(6-4-12)11-35-16-8-7-14(9-15(16)24)19-28-20-18(30(19)2)21(33)29-22(34)31(20)10-17(32)23(25,26)27/h3-9,17,32H,10-11H2,1-2H3,(H,29,33,34). The molecule has 2 heterocycles. The number of halogens is 4. The van der Waals surface area contributed by atoms with Crippen LogP contribution in [0.2, 0.25) is 0 Å². The van der Waals surface area contributed by atoms with Gasteiger partial charge in [-0.1, -0.05) is 29.8 Å². The molecule has 4 rings (SSSR count). The van der Waals surface area contributed by atoms with Crippen molar-refractivity contribution in [2.45, 2.75) is 32.4 Å². The number of benzene rings is 2. The molecule has 0 radical (unpaired) electrons. The summed E-state index contributed by atoms with van der Waals surface area (Å²) < 4.78 is 60.6. The van der Waals surface area contributed by atoms with Gasteiger partial charge in [0.1, 0.15) is 12.4 Å². The van der Waals surface area contributed by atoms with E-state index in [2.05, 4.69) is 4.98 Å². The van der Waals surface area contributed by atoms with Gasteiger partial charge in [-0.25, -0.2) is 14.2 Å². The molecule has 2 aromatic heterocycles. The Hall–Kier alpha value is -3.93. The number of fused-ring (bicyclic) bond motifs is 1. The smallest absolute Gasteiger partial charge is 0.416 e. The van der Waals surface area contributed by atoms with E-state index in [1.54, 1.807) is 0 Å². The van der Waals surface area contributed by atoms with E-state index in [1.165, 1.54) is 23.7 Å². The zero-order valence-corrected chi connectivity index (χ0v) is 18.6. The van der Waals surface area contributed by atoms with Crippen LogP contribution in [0.3, 0.4) is 0 Å². The molecule has 0 saturated carbocycles. The monoisotopic (exact) mass is 492 g/mol. The van der Waals surface area contributed by atoms with Crippen molar-refractivity contribution in [3.05, 3.63) is 80.2 Å². The third kappa shape index (κ3) is 4.83. The molecule has 0 aliphatic rings. The van der Waals surface area contributed by atoms with Gasteiger partial charge >= 0.3 is 11.9 Å². The van der Waals surface area contributed by atoms with Gasteiger partial charge in [0.05, 0.1) is 6.54 Å². The Morgan fingerprint density at radius 2 is 1.83 bits per heavy atom. The van der Waals surface area contributed by atoms with Gasteiger partial charge in [-0.3, -0.25) is 14.3 Å². The van der Waals surface area contributed by atoms with Crippen LogP contribution >= 0.6 is 0 Å². The van der Waals surface area contributed by atoms with Crippen molar-refractivity contribution in [3.63, 3.8) is 0 Å². The largest absolute Gasteiger partial charge is 0.486 e. The first-order chi connectivity index (χ1) is 16.5. The van der Waals surface area contributed by atoms with Crippen molar-refractivity contribution in [2.75, 3.05) is 0 Å². The maximum atomic E-state index is 14.8. The molecule has 0 aliphatic carbocycles. The molecule has 0 amide bonds. The Balaban J connectivity index is 1.70. The predicted octanol–water partition coefficient (Wildman–Crippen LogP) is 3.04. The summed E-state index contributed by atoms with van der Waals surface area (Å²) in [5.74, 6) is -0.730. The molecular formula is C23H20F4N4O4. The summed E-state index contributed by atoms with van der Waals surface area (Å²) in [5, 5.41) is 9.42. The SMILES string of the molecule is Cc1ccc(COc2ccc(-c3nc4c(c(=O)[nH]c(=O)n4CC(O)C(F)(F)F)n3C)cc2F)cc1. The average Bonchev–Trinajstić information content (AvgIpc) is 3.13. The van der Waals surface area contributed by atoms with Crippen LogP contribution in [0.4, 0.5) is 17.6 Å². The number of H-pyrrole nitrogens is 1. The van der Waals surface area contributed by atoms with Gasteiger partial charge in [0.25, 0.3) is 5.56 Å². The van der Waals surface area contributed by atoms with Crippen molar-refractivity contribution in [1.82, 2.24) is 19.1 Å². The van der Waals surface area contributed by atoms with Crippen LogP contribution in [0.25, 0.3) is 22.6 Å². The van der Waals surface area contributed by atoms with E-state index in [4.69, 9.17) is 4.74 Å². The van der Waals surface area contributed by atoms with Crippen molar-refractivity contribution < 1.29 is 27.4 Å². The maximum absolute atomic E-state index is 14.8. The number of hydrogen-bond acceptors (Lipinski definition) is 5. The van der Waals surface area contributed by atoms with E-state index < -0.39 is 35.9 Å². The molecule has 12 heteroatoms. The molecule has 1 atom stereocenters. The molecule has 0 saturated heterocycles. The number of rotatable bonds is 6. The van der Waals surface area contributed by atoms with Crippen LogP contribution in [0.1, 0.15) is 11.1 Å². The number of alkyl halides is 3. The van der Waals surface area contributed by atoms with E-state index in [1.807, 2.05) is 36.2 Å². The van der Waals surface area contributed by atoms with E-state index in [-0.39, 0.29) is 34.9 Å². The second-order valence-electron chi connectivity index (χ2n) is 8.01. The Labute approximate surface area is 195 Å². The van der Waals surface area contributed by atoms with E-state index in [9.17, 15) is 32.3 Å². The van der Waals surface area contributed by atoms with E-state index >= 15 is 0 Å². The summed E-state index contributed by atoms with van der Waals surface area (Å²) in [6.07, 6.45) is -7.85. The molecule has 4 aromatic rings. The third-order valence-corrected chi connectivity index (χ3v) is 5.45. The van der Waals surface area contributed by atoms with Gasteiger partial charge in [-0.2, -0.15) is 13.2 Å². The number of aryl methyl sites for hydroxylation is 2. The maximum Gasteiger partial charge on any atom is 0.416 e. The minimum Gasteiger partial charge on any atom is -0.486 e. The quantitative estimate of drug-likeness (QED) is 0.403. The molecule has 2 aromatic carbocycles. The van der Waals surface area contributed by atoms with Crippen LogP contribution in [0.15, 0.2) is 52.1 Å². The van der Waals surface area contributed by atoms with Crippen molar-refractivity contribution in [3.8, 4) is 17.1 Å². The first-order valence-corrected chi connectivity index (χ1v) is 10.4. The minimum absolute atomic E-state index is 0.0235. The zero-order chi connectivity index (χ0) is 25.5. The van der Waals surface area contributed by atoms with E-state index in [0.717, 1.165) is 17.2 Å². The van der Waals surface area contributed by atoms with Gasteiger partial charge in [0, 0.05) is 12.6 Å². The van der Waals surface area contributed by atoms with Crippen LogP contribution in [0, 0.1) is 12.7 Å². The molecule has 0 spiro atoms. The number of aliphatic hydroxyl groups excluding tert-OH is 1. The molecule has 1 unspecified atom stereocenters. The third-order valence-electron chi connectivity index (χ3n) is 5.45. The van der Waals surface area contributed by atoms with Crippen molar-refractivity contribution >= 4 is 11.2 Å². The first kappa shape index (κ1) is 24.2. The molecule has 8 nitrogen and oxygen atoms in total. The highest BCUT2D eigenvalue weighted by molar-refractivity contribution is 5.77. The summed E-state index contributed by atoms with van der Waals surface area (Å²) in [6.45, 7) is 0.897. The van der Waals surface area contributed by atoms with E-state index in [0.29, 0.717) is 4.57 Å². The lowest BCUT2D eigenvalue weighted by Crippen LogP contribution is -2.39. The molecule has 0 aliphatic heterocycles. The fraction of sp³-hybridized carbons (Fsp3) is 0.261. The van der Waals surface area contributed by atoms with Gasteiger partial charge in [0.15, 0.2) is 28.8 Å². The van der Waals surface area contributed by atoms with Crippen LogP contribution in [-0.2, 0) is 20.2 Å². The fourth-order valence-electron chi connectivity index (χ4n) is 3.55. The second-order valence-corrected chi connectivity index (χ2v) is 8.01. The number of nitrogens with zero attached hydrogens (tertiary/aromatic N) is 3. The Kier molecular flexibility index (Phi) is 6.24. The second kappa shape index (κ2) is 9.02. The van der Waals surface area contributed by atoms with Crippen LogP contribution < -0.4 is 16.0 Å². The first-order valence-electron chi connectivity index (χ1n) is 10.4. The molecule has 35 heavy (non-hydrogen) atoms. The molecular weight excluding hydrogens is 472 g/mol. The number of aliphatic hydroxyl groups is 1. The number of nitrogens with one attached hydrogen (secondary N) is 1. The number of ether oxygens (including phenoxy) is 1. The van der Waals surface area contributed by atoms with Gasteiger partial charge < -0.3 is 14.4 Å². The molecule has 0 fully saturated rings. The number of hydrogen-bond donors (Lipinski definition) is 2. The minimum atomic E-state index is -4.99. The summed E-state index contributed by atoms with van der Waals surface area (Å²) >= 11 is 0. The van der Waals surface area contributed by atoms with Gasteiger partial charge in [-0.15, -0.1) is 0 Å².